The third-order valence-electron chi connectivity index (χ3n) is 4.79. The summed E-state index contributed by atoms with van der Waals surface area (Å²) in [4.78, 5) is 14.4. The summed E-state index contributed by atoms with van der Waals surface area (Å²) in [5.41, 5.74) is 0.552. The topological polar surface area (TPSA) is 111 Å². The van der Waals surface area contributed by atoms with Crippen LogP contribution in [0, 0.1) is 5.92 Å². The predicted molar refractivity (Wildman–Crippen MR) is 95.9 cm³/mol. The van der Waals surface area contributed by atoms with Crippen molar-refractivity contribution < 1.29 is 22.7 Å². The number of amides is 1. The maximum absolute atomic E-state index is 12.1. The number of nitrogens with zero attached hydrogens (tertiary/aromatic N) is 1. The number of carbonyl (C=O) groups excluding carboxylic acids is 1. The van der Waals surface area contributed by atoms with Crippen LogP contribution in [-0.2, 0) is 24.3 Å². The number of piperidine rings is 1. The number of hydrogen-bond donors (Lipinski definition) is 2. The lowest BCUT2D eigenvalue weighted by molar-refractivity contribution is -0.117. The summed E-state index contributed by atoms with van der Waals surface area (Å²) in [6.07, 6.45) is 2.36. The molecule has 0 atom stereocenters. The number of hydrogen-bond acceptors (Lipinski definition) is 6. The van der Waals surface area contributed by atoms with Gasteiger partial charge in [0.05, 0.1) is 18.1 Å². The second-order valence-corrected chi connectivity index (χ2v) is 8.22. The van der Waals surface area contributed by atoms with E-state index >= 15 is 0 Å². The fraction of sp³-hybridized carbons (Fsp3) is 0.588. The Morgan fingerprint density at radius 3 is 2.35 bits per heavy atom. The number of primary sulfonamides is 1. The maximum atomic E-state index is 12.1. The molecule has 0 aliphatic carbocycles. The Balaban J connectivity index is 1.39. The number of sulfonamides is 1. The first kappa shape index (κ1) is 19.2. The molecule has 3 rings (SSSR count). The number of rotatable bonds is 6. The van der Waals surface area contributed by atoms with Gasteiger partial charge in [0.15, 0.2) is 6.29 Å². The van der Waals surface area contributed by atoms with Crippen LogP contribution in [0.5, 0.6) is 0 Å². The lowest BCUT2D eigenvalue weighted by Crippen LogP contribution is -2.39. The van der Waals surface area contributed by atoms with E-state index in [0.29, 0.717) is 37.8 Å². The smallest absolute Gasteiger partial charge is 0.238 e. The van der Waals surface area contributed by atoms with Crippen LogP contribution in [-0.4, -0.2) is 58.4 Å². The molecule has 2 fully saturated rings. The van der Waals surface area contributed by atoms with Gasteiger partial charge in [0.25, 0.3) is 0 Å². The quantitative estimate of drug-likeness (QED) is 0.750. The molecule has 144 valence electrons. The van der Waals surface area contributed by atoms with Crippen LogP contribution in [0.1, 0.15) is 19.3 Å². The number of ether oxygens (including phenoxy) is 2. The second kappa shape index (κ2) is 8.45. The van der Waals surface area contributed by atoms with Gasteiger partial charge in [-0.3, -0.25) is 4.79 Å². The molecule has 0 unspecified atom stereocenters. The van der Waals surface area contributed by atoms with Gasteiger partial charge in [-0.1, -0.05) is 0 Å². The third kappa shape index (κ3) is 5.24. The van der Waals surface area contributed by atoms with E-state index < -0.39 is 10.0 Å². The Kier molecular flexibility index (Phi) is 6.25. The van der Waals surface area contributed by atoms with Crippen molar-refractivity contribution in [3.63, 3.8) is 0 Å². The van der Waals surface area contributed by atoms with Crippen molar-refractivity contribution >= 4 is 21.6 Å². The van der Waals surface area contributed by atoms with Crippen molar-refractivity contribution in [1.29, 1.82) is 0 Å². The van der Waals surface area contributed by atoms with E-state index in [0.717, 1.165) is 25.9 Å². The molecular formula is C17H25N3O5S. The van der Waals surface area contributed by atoms with Gasteiger partial charge in [-0.25, -0.2) is 13.6 Å². The highest BCUT2D eigenvalue weighted by Gasteiger charge is 2.30. The molecule has 0 saturated carbocycles. The van der Waals surface area contributed by atoms with Crippen molar-refractivity contribution in [2.75, 3.05) is 38.2 Å². The minimum atomic E-state index is -3.72. The molecule has 2 saturated heterocycles. The molecule has 0 aromatic heterocycles. The molecule has 2 aliphatic rings. The average Bonchev–Trinajstić information content (AvgIpc) is 3.15. The van der Waals surface area contributed by atoms with Crippen LogP contribution in [0.3, 0.4) is 0 Å². The Labute approximate surface area is 153 Å². The van der Waals surface area contributed by atoms with E-state index in [1.807, 2.05) is 0 Å². The highest BCUT2D eigenvalue weighted by atomic mass is 32.2. The molecule has 8 nitrogen and oxygen atoms in total. The van der Waals surface area contributed by atoms with E-state index in [2.05, 4.69) is 10.2 Å². The number of nitrogens with one attached hydrogen (secondary N) is 1. The molecule has 0 spiro atoms. The van der Waals surface area contributed by atoms with Gasteiger partial charge in [0.2, 0.25) is 15.9 Å². The standard InChI is InChI=1S/C17H25N3O5S/c18-26(22,23)15-3-1-14(2-4-15)19-16(21)7-10-20-8-5-13(6-9-20)17-24-11-12-25-17/h1-4,13,17H,5-12H2,(H,19,21)(H2,18,22,23). The van der Waals surface area contributed by atoms with Crippen LogP contribution in [0.2, 0.25) is 0 Å². The summed E-state index contributed by atoms with van der Waals surface area (Å²) < 4.78 is 33.6. The number of benzene rings is 1. The molecule has 1 aromatic rings. The van der Waals surface area contributed by atoms with Gasteiger partial charge in [-0.05, 0) is 50.2 Å². The molecule has 3 N–H and O–H groups in total. The number of nitrogens with two attached hydrogens (primary N) is 1. The highest BCUT2D eigenvalue weighted by molar-refractivity contribution is 7.89. The molecule has 1 amide bonds. The summed E-state index contributed by atoms with van der Waals surface area (Å²) in [5, 5.41) is 7.82. The van der Waals surface area contributed by atoms with Gasteiger partial charge in [0, 0.05) is 24.6 Å². The van der Waals surface area contributed by atoms with Crippen molar-refractivity contribution in [3.8, 4) is 0 Å². The Bertz CT molecular complexity index is 708. The van der Waals surface area contributed by atoms with Gasteiger partial charge >= 0.3 is 0 Å². The lowest BCUT2D eigenvalue weighted by Gasteiger charge is -2.33. The summed E-state index contributed by atoms with van der Waals surface area (Å²) in [6, 6.07) is 5.82. The zero-order chi connectivity index (χ0) is 18.6. The lowest BCUT2D eigenvalue weighted by atomic mass is 9.96. The van der Waals surface area contributed by atoms with Crippen molar-refractivity contribution in [2.24, 2.45) is 11.1 Å². The molecule has 0 bridgehead atoms. The molecule has 0 radical (unpaired) electrons. The van der Waals surface area contributed by atoms with Crippen LogP contribution in [0.25, 0.3) is 0 Å². The zero-order valence-corrected chi connectivity index (χ0v) is 15.4. The minimum absolute atomic E-state index is 0.0218. The Morgan fingerprint density at radius 2 is 1.77 bits per heavy atom. The first-order chi connectivity index (χ1) is 12.4. The molecule has 9 heteroatoms. The molecule has 1 aromatic carbocycles. The van der Waals surface area contributed by atoms with Crippen molar-refractivity contribution in [2.45, 2.75) is 30.4 Å². The van der Waals surface area contributed by atoms with Gasteiger partial charge in [-0.15, -0.1) is 0 Å². The van der Waals surface area contributed by atoms with E-state index in [-0.39, 0.29) is 17.1 Å². The summed E-state index contributed by atoms with van der Waals surface area (Å²) in [6.45, 7) is 3.93. The molecular weight excluding hydrogens is 358 g/mol. The number of anilines is 1. The third-order valence-corrected chi connectivity index (χ3v) is 5.72. The van der Waals surface area contributed by atoms with Crippen LogP contribution in [0.15, 0.2) is 29.2 Å². The predicted octanol–water partition coefficient (Wildman–Crippen LogP) is 0.748. The average molecular weight is 383 g/mol. The van der Waals surface area contributed by atoms with E-state index in [1.165, 1.54) is 24.3 Å². The highest BCUT2D eigenvalue weighted by Crippen LogP contribution is 2.25. The van der Waals surface area contributed by atoms with Crippen molar-refractivity contribution in [3.05, 3.63) is 24.3 Å². The van der Waals surface area contributed by atoms with E-state index in [9.17, 15) is 13.2 Å². The van der Waals surface area contributed by atoms with Crippen molar-refractivity contribution in [1.82, 2.24) is 4.90 Å². The summed E-state index contributed by atoms with van der Waals surface area (Å²) in [7, 11) is -3.72. The molecule has 2 aliphatic heterocycles. The molecule has 2 heterocycles. The molecule has 26 heavy (non-hydrogen) atoms. The largest absolute Gasteiger partial charge is 0.350 e. The number of likely N-dealkylation sites (tertiary alicyclic amines) is 1. The minimum Gasteiger partial charge on any atom is -0.350 e. The van der Waals surface area contributed by atoms with Crippen LogP contribution < -0.4 is 10.5 Å². The van der Waals surface area contributed by atoms with E-state index in [1.54, 1.807) is 0 Å². The fourth-order valence-corrected chi connectivity index (χ4v) is 3.82. The first-order valence-electron chi connectivity index (χ1n) is 8.80. The van der Waals surface area contributed by atoms with Crippen LogP contribution in [0.4, 0.5) is 5.69 Å². The fourth-order valence-electron chi connectivity index (χ4n) is 3.31. The summed E-state index contributed by atoms with van der Waals surface area (Å²) >= 11 is 0. The second-order valence-electron chi connectivity index (χ2n) is 6.66. The van der Waals surface area contributed by atoms with E-state index in [4.69, 9.17) is 14.6 Å². The van der Waals surface area contributed by atoms with Gasteiger partial charge in [-0.2, -0.15) is 0 Å². The van der Waals surface area contributed by atoms with Gasteiger partial charge < -0.3 is 19.7 Å². The monoisotopic (exact) mass is 383 g/mol. The van der Waals surface area contributed by atoms with Gasteiger partial charge in [0.1, 0.15) is 0 Å². The zero-order valence-electron chi connectivity index (χ0n) is 14.6. The number of carbonyl (C=O) groups is 1. The normalized spacial score (nSPS) is 20.3. The van der Waals surface area contributed by atoms with Crippen LogP contribution >= 0.6 is 0 Å². The SMILES string of the molecule is NS(=O)(=O)c1ccc(NC(=O)CCN2CCC(C3OCCO3)CC2)cc1. The first-order valence-corrected chi connectivity index (χ1v) is 10.3. The Morgan fingerprint density at radius 1 is 1.15 bits per heavy atom. The Hall–Kier alpha value is -1.52. The summed E-state index contributed by atoms with van der Waals surface area (Å²) in [5.74, 6) is 0.345. The maximum Gasteiger partial charge on any atom is 0.238 e.